The van der Waals surface area contributed by atoms with Crippen LogP contribution in [-0.4, -0.2) is 36.2 Å². The van der Waals surface area contributed by atoms with Crippen molar-refractivity contribution in [3.8, 4) is 0 Å². The van der Waals surface area contributed by atoms with E-state index in [0.717, 1.165) is 22.7 Å². The average molecular weight is 569 g/mol. The van der Waals surface area contributed by atoms with Gasteiger partial charge in [0.2, 0.25) is 21.6 Å². The second-order valence-electron chi connectivity index (χ2n) is 10.1. The van der Waals surface area contributed by atoms with Crippen LogP contribution < -0.4 is 4.90 Å². The lowest BCUT2D eigenvalue weighted by atomic mass is 9.85. The van der Waals surface area contributed by atoms with Gasteiger partial charge in [0.25, 0.3) is 0 Å². The number of halogens is 3. The Bertz CT molecular complexity index is 1550. The van der Waals surface area contributed by atoms with Gasteiger partial charge >= 0.3 is 0 Å². The van der Waals surface area contributed by atoms with E-state index in [-0.39, 0.29) is 19.5 Å². The molecule has 0 bridgehead atoms. The van der Waals surface area contributed by atoms with Gasteiger partial charge in [-0.3, -0.25) is 9.78 Å². The lowest BCUT2D eigenvalue weighted by Crippen LogP contribution is -2.59. The molecule has 3 aromatic rings. The highest BCUT2D eigenvalue weighted by atomic mass is 32.2. The van der Waals surface area contributed by atoms with Crippen molar-refractivity contribution in [1.29, 1.82) is 0 Å². The molecule has 0 spiro atoms. The smallest absolute Gasteiger partial charge is 0.245 e. The van der Waals surface area contributed by atoms with E-state index in [1.165, 1.54) is 48.4 Å². The summed E-state index contributed by atoms with van der Waals surface area (Å²) in [6, 6.07) is 8.94. The van der Waals surface area contributed by atoms with Crippen LogP contribution in [-0.2, 0) is 21.4 Å². The number of aromatic nitrogens is 1. The number of anilines is 1. The van der Waals surface area contributed by atoms with Crippen LogP contribution in [0.2, 0.25) is 0 Å². The van der Waals surface area contributed by atoms with Crippen molar-refractivity contribution in [3.05, 3.63) is 94.9 Å². The summed E-state index contributed by atoms with van der Waals surface area (Å²) in [6.07, 6.45) is 7.82. The van der Waals surface area contributed by atoms with Crippen LogP contribution in [0.25, 0.3) is 4.85 Å². The maximum Gasteiger partial charge on any atom is 0.245 e. The first-order chi connectivity index (χ1) is 19.2. The zero-order chi connectivity index (χ0) is 28.4. The molecule has 1 saturated carbocycles. The van der Waals surface area contributed by atoms with Crippen molar-refractivity contribution in [2.24, 2.45) is 0 Å². The molecule has 1 aliphatic heterocycles. The van der Waals surface area contributed by atoms with E-state index in [4.69, 9.17) is 6.57 Å². The molecule has 40 heavy (non-hydrogen) atoms. The first kappa shape index (κ1) is 27.8. The van der Waals surface area contributed by atoms with Crippen molar-refractivity contribution in [2.75, 3.05) is 11.4 Å². The normalized spacial score (nSPS) is 18.1. The minimum absolute atomic E-state index is 0.0122. The predicted molar refractivity (Wildman–Crippen MR) is 143 cm³/mol. The Morgan fingerprint density at radius 2 is 1.70 bits per heavy atom. The third kappa shape index (κ3) is 5.46. The Morgan fingerprint density at radius 3 is 2.30 bits per heavy atom. The van der Waals surface area contributed by atoms with Crippen LogP contribution in [0.5, 0.6) is 0 Å². The minimum atomic E-state index is -4.50. The summed E-state index contributed by atoms with van der Waals surface area (Å²) in [5.74, 6) is -3.37. The van der Waals surface area contributed by atoms with Gasteiger partial charge in [0.15, 0.2) is 5.82 Å². The van der Waals surface area contributed by atoms with E-state index in [9.17, 15) is 26.4 Å². The molecule has 0 N–H and O–H groups in total. The molecule has 5 rings (SSSR count). The zero-order valence-electron chi connectivity index (χ0n) is 21.6. The van der Waals surface area contributed by atoms with Crippen LogP contribution in [0.15, 0.2) is 59.6 Å². The highest BCUT2D eigenvalue weighted by Crippen LogP contribution is 2.36. The first-order valence-corrected chi connectivity index (χ1v) is 14.5. The topological polar surface area (TPSA) is 74.9 Å². The standard InChI is InChI=1S/C29H27F3N4O3S/c1-33-26-15-24(31)25(32)16-28(26)40(38,39)36-14-13-27(36)29(37)35(23-11-8-21(30)9-12-23)18-22-10-7-20(17-34-22)19-5-3-2-4-6-19/h7-12,15-17,19,27H,2-6,13-14,18H2/t27-/m1/s1. The van der Waals surface area contributed by atoms with E-state index in [0.29, 0.717) is 29.4 Å². The van der Waals surface area contributed by atoms with Gasteiger partial charge in [0.05, 0.1) is 23.7 Å². The van der Waals surface area contributed by atoms with E-state index < -0.39 is 50.0 Å². The third-order valence-electron chi connectivity index (χ3n) is 7.61. The molecule has 11 heteroatoms. The van der Waals surface area contributed by atoms with Gasteiger partial charge in [-0.2, -0.15) is 4.31 Å². The quantitative estimate of drug-likeness (QED) is 0.323. The van der Waals surface area contributed by atoms with E-state index in [1.54, 1.807) is 0 Å². The molecule has 1 aromatic heterocycles. The molecule has 2 fully saturated rings. The fourth-order valence-electron chi connectivity index (χ4n) is 5.30. The second-order valence-corrected chi connectivity index (χ2v) is 11.9. The molecular formula is C29H27F3N4O3S. The maximum atomic E-state index is 14.0. The SMILES string of the molecule is [C-]#[N+]c1cc(F)c(F)cc1S(=O)(=O)N1CC[C@@H]1C(=O)N(Cc1ccc(C2CCCCC2)cn1)c1ccc(F)cc1. The Balaban J connectivity index is 1.42. The van der Waals surface area contributed by atoms with Crippen molar-refractivity contribution in [1.82, 2.24) is 9.29 Å². The summed E-state index contributed by atoms with van der Waals surface area (Å²) in [7, 11) is -4.50. The van der Waals surface area contributed by atoms with E-state index >= 15 is 0 Å². The molecule has 1 saturated heterocycles. The average Bonchev–Trinajstić information content (AvgIpc) is 2.93. The van der Waals surface area contributed by atoms with Gasteiger partial charge in [-0.1, -0.05) is 25.3 Å². The van der Waals surface area contributed by atoms with Gasteiger partial charge < -0.3 is 4.90 Å². The first-order valence-electron chi connectivity index (χ1n) is 13.1. The highest BCUT2D eigenvalue weighted by Gasteiger charge is 2.45. The molecule has 1 amide bonds. The zero-order valence-corrected chi connectivity index (χ0v) is 22.4. The summed E-state index contributed by atoms with van der Waals surface area (Å²) in [5.41, 5.74) is 1.49. The monoisotopic (exact) mass is 568 g/mol. The van der Waals surface area contributed by atoms with Crippen molar-refractivity contribution >= 4 is 27.3 Å². The Hall–Kier alpha value is -3.75. The molecule has 1 aliphatic carbocycles. The van der Waals surface area contributed by atoms with Crippen LogP contribution in [0.1, 0.15) is 55.7 Å². The molecule has 1 atom stereocenters. The molecule has 0 unspecified atom stereocenters. The van der Waals surface area contributed by atoms with Crippen LogP contribution >= 0.6 is 0 Å². The number of carbonyl (C=O) groups is 1. The fourth-order valence-corrected chi connectivity index (χ4v) is 7.05. The summed E-state index contributed by atoms with van der Waals surface area (Å²) in [4.78, 5) is 22.0. The van der Waals surface area contributed by atoms with E-state index in [2.05, 4.69) is 9.83 Å². The Morgan fingerprint density at radius 1 is 1.00 bits per heavy atom. The summed E-state index contributed by atoms with van der Waals surface area (Å²) in [5, 5.41) is 0. The van der Waals surface area contributed by atoms with Crippen LogP contribution in [0, 0.1) is 24.0 Å². The fraction of sp³-hybridized carbons (Fsp3) is 0.345. The second kappa shape index (κ2) is 11.4. The van der Waals surface area contributed by atoms with Crippen LogP contribution in [0.4, 0.5) is 24.5 Å². The molecule has 2 aliphatic rings. The number of hydrogen-bond donors (Lipinski definition) is 0. The predicted octanol–water partition coefficient (Wildman–Crippen LogP) is 6.09. The van der Waals surface area contributed by atoms with Crippen molar-refractivity contribution < 1.29 is 26.4 Å². The van der Waals surface area contributed by atoms with Gasteiger partial charge in [0.1, 0.15) is 17.7 Å². The number of sulfonamides is 1. The molecule has 0 radical (unpaired) electrons. The lowest BCUT2D eigenvalue weighted by Gasteiger charge is -2.41. The maximum absolute atomic E-state index is 14.0. The third-order valence-corrected chi connectivity index (χ3v) is 9.55. The Labute approximate surface area is 231 Å². The van der Waals surface area contributed by atoms with Crippen molar-refractivity contribution in [3.63, 3.8) is 0 Å². The molecule has 208 valence electrons. The van der Waals surface area contributed by atoms with Gasteiger partial charge in [-0.05, 0) is 73.2 Å². The Kier molecular flexibility index (Phi) is 7.92. The molecule has 7 nitrogen and oxygen atoms in total. The lowest BCUT2D eigenvalue weighted by molar-refractivity contribution is -0.125. The van der Waals surface area contributed by atoms with Gasteiger partial charge in [0, 0.05) is 18.4 Å². The number of benzene rings is 2. The van der Waals surface area contributed by atoms with Gasteiger partial charge in [-0.15, -0.1) is 0 Å². The number of hydrogen-bond acceptors (Lipinski definition) is 4. The number of nitrogens with zero attached hydrogens (tertiary/aromatic N) is 4. The largest absolute Gasteiger partial charge is 0.305 e. The number of carbonyl (C=O) groups excluding carboxylic acids is 1. The number of amides is 1. The number of rotatable bonds is 7. The molecular weight excluding hydrogens is 541 g/mol. The molecule has 2 aromatic carbocycles. The van der Waals surface area contributed by atoms with Crippen LogP contribution in [0.3, 0.4) is 0 Å². The minimum Gasteiger partial charge on any atom is -0.305 e. The summed E-state index contributed by atoms with van der Waals surface area (Å²) < 4.78 is 69.0. The summed E-state index contributed by atoms with van der Waals surface area (Å²) in [6.45, 7) is 7.20. The van der Waals surface area contributed by atoms with E-state index in [1.807, 2.05) is 18.3 Å². The summed E-state index contributed by atoms with van der Waals surface area (Å²) >= 11 is 0. The highest BCUT2D eigenvalue weighted by molar-refractivity contribution is 7.89. The van der Waals surface area contributed by atoms with Crippen molar-refractivity contribution in [2.45, 2.75) is 61.9 Å². The van der Waals surface area contributed by atoms with Gasteiger partial charge in [-0.25, -0.2) is 26.4 Å². The molecule has 2 heterocycles. The number of pyridine rings is 1.